The Kier molecular flexibility index (Phi) is 17.1. The van der Waals surface area contributed by atoms with Crippen molar-refractivity contribution < 1.29 is 15.3 Å². The molecule has 0 aromatic heterocycles. The topological polar surface area (TPSA) is 63.9 Å². The number of hydrogen-bond acceptors (Lipinski definition) is 4. The Balaban J connectivity index is 3.59. The van der Waals surface area contributed by atoms with Crippen molar-refractivity contribution in [3.8, 4) is 0 Å². The van der Waals surface area contributed by atoms with Gasteiger partial charge in [-0.05, 0) is 19.4 Å². The third-order valence-electron chi connectivity index (χ3n) is 4.38. The van der Waals surface area contributed by atoms with Gasteiger partial charge in [-0.25, -0.2) is 0 Å². The standard InChI is InChI=1S/C18H39NO3/c1-2-3-4-5-6-7-8-9-10-11-13-19(14-16-21)18(17-22)12-15-20/h18,20-22H,2-17H2,1H3. The van der Waals surface area contributed by atoms with E-state index in [1.165, 1.54) is 57.8 Å². The van der Waals surface area contributed by atoms with Crippen LogP contribution in [0.3, 0.4) is 0 Å². The molecule has 0 fully saturated rings. The Hall–Kier alpha value is -0.160. The van der Waals surface area contributed by atoms with Gasteiger partial charge in [-0.1, -0.05) is 64.7 Å². The molecule has 1 unspecified atom stereocenters. The van der Waals surface area contributed by atoms with Crippen molar-refractivity contribution in [2.45, 2.75) is 83.6 Å². The van der Waals surface area contributed by atoms with E-state index in [9.17, 15) is 5.11 Å². The first-order valence-electron chi connectivity index (χ1n) is 9.36. The lowest BCUT2D eigenvalue weighted by molar-refractivity contribution is 0.0816. The number of nitrogens with zero attached hydrogens (tertiary/aromatic N) is 1. The number of aliphatic hydroxyl groups excluding tert-OH is 3. The number of rotatable bonds is 17. The molecule has 1 atom stereocenters. The predicted molar refractivity (Wildman–Crippen MR) is 93.1 cm³/mol. The van der Waals surface area contributed by atoms with Gasteiger partial charge in [0.1, 0.15) is 0 Å². The van der Waals surface area contributed by atoms with Crippen LogP contribution in [0.4, 0.5) is 0 Å². The first-order valence-corrected chi connectivity index (χ1v) is 9.36. The minimum absolute atomic E-state index is 0.0179. The average molecular weight is 318 g/mol. The highest BCUT2D eigenvalue weighted by atomic mass is 16.3. The molecule has 0 saturated heterocycles. The SMILES string of the molecule is CCCCCCCCCCCCN(CCO)C(CO)CCO. The number of aliphatic hydroxyl groups is 3. The van der Waals surface area contributed by atoms with E-state index in [0.29, 0.717) is 13.0 Å². The molecule has 0 aromatic carbocycles. The van der Waals surface area contributed by atoms with Gasteiger partial charge in [0, 0.05) is 19.2 Å². The van der Waals surface area contributed by atoms with Gasteiger partial charge >= 0.3 is 0 Å². The predicted octanol–water partition coefficient (Wildman–Crippen LogP) is 2.94. The maximum atomic E-state index is 9.38. The first kappa shape index (κ1) is 21.8. The van der Waals surface area contributed by atoms with Crippen LogP contribution < -0.4 is 0 Å². The summed E-state index contributed by atoms with van der Waals surface area (Å²) in [6.07, 6.45) is 13.7. The minimum Gasteiger partial charge on any atom is -0.396 e. The summed E-state index contributed by atoms with van der Waals surface area (Å²) in [7, 11) is 0. The molecule has 4 heteroatoms. The van der Waals surface area contributed by atoms with Crippen LogP contribution in [0, 0.1) is 0 Å². The smallest absolute Gasteiger partial charge is 0.0587 e. The highest BCUT2D eigenvalue weighted by Crippen LogP contribution is 2.12. The highest BCUT2D eigenvalue weighted by molar-refractivity contribution is 4.70. The van der Waals surface area contributed by atoms with Crippen LogP contribution in [0.15, 0.2) is 0 Å². The summed E-state index contributed by atoms with van der Waals surface area (Å²) in [5.41, 5.74) is 0. The monoisotopic (exact) mass is 317 g/mol. The fraction of sp³-hybridized carbons (Fsp3) is 1.00. The molecular formula is C18H39NO3. The molecule has 0 amide bonds. The van der Waals surface area contributed by atoms with E-state index in [4.69, 9.17) is 10.2 Å². The Morgan fingerprint density at radius 1 is 0.682 bits per heavy atom. The van der Waals surface area contributed by atoms with Crippen molar-refractivity contribution in [1.82, 2.24) is 4.90 Å². The van der Waals surface area contributed by atoms with Gasteiger partial charge in [0.2, 0.25) is 0 Å². The average Bonchev–Trinajstić information content (AvgIpc) is 2.53. The summed E-state index contributed by atoms with van der Waals surface area (Å²) in [4.78, 5) is 2.11. The molecule has 0 heterocycles. The van der Waals surface area contributed by atoms with Crippen LogP contribution in [-0.4, -0.2) is 59.2 Å². The van der Waals surface area contributed by atoms with Gasteiger partial charge in [0.15, 0.2) is 0 Å². The fourth-order valence-corrected chi connectivity index (χ4v) is 2.95. The molecule has 134 valence electrons. The second-order valence-electron chi connectivity index (χ2n) is 6.29. The molecular weight excluding hydrogens is 278 g/mol. The Labute approximate surface area is 137 Å². The molecule has 3 N–H and O–H groups in total. The molecule has 0 aliphatic heterocycles. The highest BCUT2D eigenvalue weighted by Gasteiger charge is 2.16. The lowest BCUT2D eigenvalue weighted by atomic mass is 10.1. The van der Waals surface area contributed by atoms with Crippen LogP contribution in [0.25, 0.3) is 0 Å². The summed E-state index contributed by atoms with van der Waals surface area (Å²) in [6, 6.07) is -0.0179. The van der Waals surface area contributed by atoms with Crippen LogP contribution >= 0.6 is 0 Å². The van der Waals surface area contributed by atoms with Crippen LogP contribution in [0.5, 0.6) is 0 Å². The van der Waals surface area contributed by atoms with E-state index in [2.05, 4.69) is 11.8 Å². The maximum Gasteiger partial charge on any atom is 0.0587 e. The molecule has 0 saturated carbocycles. The number of unbranched alkanes of at least 4 members (excludes halogenated alkanes) is 9. The molecule has 0 aliphatic carbocycles. The molecule has 0 radical (unpaired) electrons. The van der Waals surface area contributed by atoms with Crippen molar-refractivity contribution in [2.75, 3.05) is 32.9 Å². The van der Waals surface area contributed by atoms with E-state index in [-0.39, 0.29) is 25.9 Å². The molecule has 0 aromatic rings. The zero-order valence-electron chi connectivity index (χ0n) is 14.7. The fourth-order valence-electron chi connectivity index (χ4n) is 2.95. The third kappa shape index (κ3) is 12.4. The zero-order valence-corrected chi connectivity index (χ0v) is 14.7. The molecule has 22 heavy (non-hydrogen) atoms. The summed E-state index contributed by atoms with van der Waals surface area (Å²) >= 11 is 0. The van der Waals surface area contributed by atoms with Crippen molar-refractivity contribution in [3.63, 3.8) is 0 Å². The molecule has 0 bridgehead atoms. The lowest BCUT2D eigenvalue weighted by Crippen LogP contribution is -2.41. The first-order chi connectivity index (χ1) is 10.8. The van der Waals surface area contributed by atoms with E-state index in [1.54, 1.807) is 0 Å². The van der Waals surface area contributed by atoms with Gasteiger partial charge in [-0.15, -0.1) is 0 Å². The largest absolute Gasteiger partial charge is 0.396 e. The zero-order chi connectivity index (χ0) is 16.5. The maximum absolute atomic E-state index is 9.38. The van der Waals surface area contributed by atoms with Gasteiger partial charge < -0.3 is 15.3 Å². The van der Waals surface area contributed by atoms with E-state index >= 15 is 0 Å². The molecule has 4 nitrogen and oxygen atoms in total. The molecule has 0 spiro atoms. The van der Waals surface area contributed by atoms with Gasteiger partial charge in [-0.2, -0.15) is 0 Å². The Morgan fingerprint density at radius 2 is 1.23 bits per heavy atom. The van der Waals surface area contributed by atoms with E-state index in [0.717, 1.165) is 13.0 Å². The summed E-state index contributed by atoms with van der Waals surface area (Å²) in [5, 5.41) is 27.5. The lowest BCUT2D eigenvalue weighted by Gasteiger charge is -2.29. The molecule has 0 aliphatic rings. The van der Waals surface area contributed by atoms with Gasteiger partial charge in [0.05, 0.1) is 13.2 Å². The summed E-state index contributed by atoms with van der Waals surface area (Å²) < 4.78 is 0. The van der Waals surface area contributed by atoms with Crippen LogP contribution in [0.1, 0.15) is 77.6 Å². The second kappa shape index (κ2) is 17.2. The minimum atomic E-state index is -0.0179. The normalized spacial score (nSPS) is 13.0. The van der Waals surface area contributed by atoms with Crippen molar-refractivity contribution in [2.24, 2.45) is 0 Å². The molecule has 0 rings (SSSR count). The van der Waals surface area contributed by atoms with E-state index in [1.807, 2.05) is 0 Å². The third-order valence-corrected chi connectivity index (χ3v) is 4.38. The number of hydrogen-bond donors (Lipinski definition) is 3. The quantitative estimate of drug-likeness (QED) is 0.361. The van der Waals surface area contributed by atoms with Crippen molar-refractivity contribution >= 4 is 0 Å². The van der Waals surface area contributed by atoms with Gasteiger partial charge in [-0.3, -0.25) is 4.90 Å². The van der Waals surface area contributed by atoms with Crippen LogP contribution in [-0.2, 0) is 0 Å². The van der Waals surface area contributed by atoms with E-state index < -0.39 is 0 Å². The van der Waals surface area contributed by atoms with Gasteiger partial charge in [0.25, 0.3) is 0 Å². The Bertz CT molecular complexity index is 215. The summed E-state index contributed by atoms with van der Waals surface area (Å²) in [6.45, 7) is 4.00. The van der Waals surface area contributed by atoms with Crippen molar-refractivity contribution in [1.29, 1.82) is 0 Å². The second-order valence-corrected chi connectivity index (χ2v) is 6.29. The Morgan fingerprint density at radius 3 is 1.68 bits per heavy atom. The summed E-state index contributed by atoms with van der Waals surface area (Å²) in [5.74, 6) is 0. The van der Waals surface area contributed by atoms with Crippen molar-refractivity contribution in [3.05, 3.63) is 0 Å². The van der Waals surface area contributed by atoms with Crippen LogP contribution in [0.2, 0.25) is 0 Å².